The van der Waals surface area contributed by atoms with Gasteiger partial charge in [-0.2, -0.15) is 0 Å². The molecule has 0 radical (unpaired) electrons. The fourth-order valence-corrected chi connectivity index (χ4v) is 0.845. The van der Waals surface area contributed by atoms with Crippen LogP contribution in [0.2, 0.25) is 0 Å². The highest BCUT2D eigenvalue weighted by molar-refractivity contribution is 4.61. The molecular weight excluding hydrogens is 188 g/mol. The molecule has 0 amide bonds. The van der Waals surface area contributed by atoms with Gasteiger partial charge in [0, 0.05) is 13.1 Å². The maximum absolute atomic E-state index is 5.48. The molecule has 2 N–H and O–H groups in total. The molecule has 1 saturated heterocycles. The van der Waals surface area contributed by atoms with E-state index in [1.54, 1.807) is 5.01 Å². The van der Waals surface area contributed by atoms with E-state index in [9.17, 15) is 0 Å². The fraction of sp³-hybridized carbons (Fsp3) is 1.00. The van der Waals surface area contributed by atoms with Crippen LogP contribution in [0, 0.1) is 0 Å². The van der Waals surface area contributed by atoms with Crippen LogP contribution in [0.15, 0.2) is 0 Å². The average molecular weight is 220 g/mol. The minimum atomic E-state index is 0.314. The highest BCUT2D eigenvalue weighted by Crippen LogP contribution is 1.97. The summed E-state index contributed by atoms with van der Waals surface area (Å²) in [5, 5.41) is 1.79. The molecule has 0 aliphatic carbocycles. The molecule has 1 unspecified atom stereocenters. The van der Waals surface area contributed by atoms with Crippen molar-refractivity contribution < 1.29 is 4.74 Å². The molecule has 0 aromatic rings. The molecule has 3 heteroatoms. The minimum Gasteiger partial charge on any atom is -0.376 e. The Morgan fingerprint density at radius 3 is 1.80 bits per heavy atom. The van der Waals surface area contributed by atoms with Gasteiger partial charge < -0.3 is 4.74 Å². The summed E-state index contributed by atoms with van der Waals surface area (Å²) in [5.41, 5.74) is 0. The molecule has 0 spiro atoms. The maximum atomic E-state index is 5.48. The van der Waals surface area contributed by atoms with Crippen molar-refractivity contribution in [2.24, 2.45) is 5.84 Å². The van der Waals surface area contributed by atoms with E-state index in [2.05, 4.69) is 13.8 Å². The van der Waals surface area contributed by atoms with Crippen LogP contribution < -0.4 is 5.84 Å². The van der Waals surface area contributed by atoms with Crippen molar-refractivity contribution in [1.29, 1.82) is 0 Å². The van der Waals surface area contributed by atoms with Gasteiger partial charge in [0.25, 0.3) is 0 Å². The van der Waals surface area contributed by atoms with Gasteiger partial charge in [0.2, 0.25) is 0 Å². The molecular formula is C12H32N2O. The van der Waals surface area contributed by atoms with Crippen LogP contribution in [0.4, 0.5) is 0 Å². The normalized spacial score (nSPS) is 19.6. The van der Waals surface area contributed by atoms with E-state index in [0.717, 1.165) is 19.7 Å². The molecule has 1 fully saturated rings. The van der Waals surface area contributed by atoms with E-state index in [1.165, 1.54) is 6.42 Å². The number of morpholine rings is 1. The van der Waals surface area contributed by atoms with Crippen LogP contribution in [-0.4, -0.2) is 30.8 Å². The van der Waals surface area contributed by atoms with Crippen LogP contribution in [0.25, 0.3) is 0 Å². The first-order valence-electron chi connectivity index (χ1n) is 6.31. The van der Waals surface area contributed by atoms with E-state index in [1.807, 2.05) is 34.6 Å². The Balaban J connectivity index is -0.000000176. The first-order valence-corrected chi connectivity index (χ1v) is 6.31. The molecule has 1 heterocycles. The lowest BCUT2D eigenvalue weighted by Gasteiger charge is -2.26. The quantitative estimate of drug-likeness (QED) is 0.638. The van der Waals surface area contributed by atoms with Crippen LogP contribution in [-0.2, 0) is 4.74 Å². The smallest absolute Gasteiger partial charge is 0.0688 e. The summed E-state index contributed by atoms with van der Waals surface area (Å²) < 4.78 is 5.23. The van der Waals surface area contributed by atoms with Crippen molar-refractivity contribution in [1.82, 2.24) is 5.01 Å². The molecule has 1 rings (SSSR count). The Kier molecular flexibility index (Phi) is 26.3. The van der Waals surface area contributed by atoms with E-state index < -0.39 is 0 Å². The third kappa shape index (κ3) is 20.1. The summed E-state index contributed by atoms with van der Waals surface area (Å²) >= 11 is 0. The van der Waals surface area contributed by atoms with Gasteiger partial charge in [-0.15, -0.1) is 0 Å². The lowest BCUT2D eigenvalue weighted by Crippen LogP contribution is -2.45. The number of hydrogen-bond donors (Lipinski definition) is 1. The summed E-state index contributed by atoms with van der Waals surface area (Å²) in [4.78, 5) is 0. The Labute approximate surface area is 96.9 Å². The topological polar surface area (TPSA) is 38.5 Å². The van der Waals surface area contributed by atoms with E-state index >= 15 is 0 Å². The maximum Gasteiger partial charge on any atom is 0.0688 e. The zero-order valence-electron chi connectivity index (χ0n) is 11.8. The summed E-state index contributed by atoms with van der Waals surface area (Å²) in [6.07, 6.45) is 1.56. The van der Waals surface area contributed by atoms with E-state index in [-0.39, 0.29) is 0 Å². The van der Waals surface area contributed by atoms with E-state index in [4.69, 9.17) is 10.6 Å². The second-order valence-electron chi connectivity index (χ2n) is 2.88. The average Bonchev–Trinajstić information content (AvgIpc) is 2.24. The summed E-state index contributed by atoms with van der Waals surface area (Å²) in [5.74, 6) is 5.48. The fourth-order valence-electron chi connectivity index (χ4n) is 0.845. The molecule has 1 aliphatic rings. The van der Waals surface area contributed by atoms with Gasteiger partial charge in [-0.05, 0) is 6.92 Å². The zero-order valence-corrected chi connectivity index (χ0v) is 11.8. The monoisotopic (exact) mass is 220 g/mol. The second-order valence-corrected chi connectivity index (χ2v) is 2.88. The highest BCUT2D eigenvalue weighted by atomic mass is 16.5. The van der Waals surface area contributed by atoms with Crippen molar-refractivity contribution in [2.75, 3.05) is 19.7 Å². The van der Waals surface area contributed by atoms with Gasteiger partial charge in [0.05, 0.1) is 12.7 Å². The van der Waals surface area contributed by atoms with Gasteiger partial charge >= 0.3 is 0 Å². The molecule has 1 atom stereocenters. The standard InChI is InChI=1S/C5H12N2O.C3H8.2C2H6/c1-5-4-7(6)2-3-8-5;1-3-2;2*1-2/h5H,2-4,6H2,1H3;3H2,1-2H3;2*1-2H3. The number of ether oxygens (including phenoxy) is 1. The summed E-state index contributed by atoms with van der Waals surface area (Å²) in [6.45, 7) is 16.8. The highest BCUT2D eigenvalue weighted by Gasteiger charge is 2.11. The first-order chi connectivity index (χ1) is 7.20. The van der Waals surface area contributed by atoms with Gasteiger partial charge in [-0.25, -0.2) is 5.01 Å². The molecule has 0 aromatic carbocycles. The minimum absolute atomic E-state index is 0.314. The molecule has 0 aromatic heterocycles. The molecule has 3 nitrogen and oxygen atoms in total. The van der Waals surface area contributed by atoms with Crippen LogP contribution >= 0.6 is 0 Å². The van der Waals surface area contributed by atoms with Gasteiger partial charge in [-0.1, -0.05) is 48.0 Å². The predicted octanol–water partition coefficient (Wildman–Crippen LogP) is 3.05. The third-order valence-electron chi connectivity index (χ3n) is 1.27. The third-order valence-corrected chi connectivity index (χ3v) is 1.27. The van der Waals surface area contributed by atoms with Crippen LogP contribution in [0.5, 0.6) is 0 Å². The number of hydrazine groups is 1. The van der Waals surface area contributed by atoms with Crippen LogP contribution in [0.1, 0.15) is 54.9 Å². The van der Waals surface area contributed by atoms with Gasteiger partial charge in [-0.3, -0.25) is 5.84 Å². The van der Waals surface area contributed by atoms with Crippen molar-refractivity contribution in [3.05, 3.63) is 0 Å². The second kappa shape index (κ2) is 19.5. The first kappa shape index (κ1) is 20.3. The predicted molar refractivity (Wildman–Crippen MR) is 69.8 cm³/mol. The zero-order chi connectivity index (χ0) is 12.7. The van der Waals surface area contributed by atoms with Crippen molar-refractivity contribution in [2.45, 2.75) is 61.0 Å². The SMILES string of the molecule is CC.CC.CC1CN(N)CCO1.CCC. The Hall–Kier alpha value is -0.120. The number of nitrogens with zero attached hydrogens (tertiary/aromatic N) is 1. The Bertz CT molecular complexity index is 81.7. The molecule has 15 heavy (non-hydrogen) atoms. The Morgan fingerprint density at radius 1 is 1.20 bits per heavy atom. The largest absolute Gasteiger partial charge is 0.376 e. The van der Waals surface area contributed by atoms with E-state index in [0.29, 0.717) is 6.10 Å². The molecule has 0 saturated carbocycles. The lowest BCUT2D eigenvalue weighted by atomic mass is 10.3. The lowest BCUT2D eigenvalue weighted by molar-refractivity contribution is -0.0185. The number of rotatable bonds is 0. The molecule has 0 bridgehead atoms. The molecule has 1 aliphatic heterocycles. The van der Waals surface area contributed by atoms with Crippen molar-refractivity contribution in [3.8, 4) is 0 Å². The van der Waals surface area contributed by atoms with Crippen LogP contribution in [0.3, 0.4) is 0 Å². The summed E-state index contributed by atoms with van der Waals surface area (Å²) in [6, 6.07) is 0. The Morgan fingerprint density at radius 2 is 1.60 bits per heavy atom. The molecule has 96 valence electrons. The summed E-state index contributed by atoms with van der Waals surface area (Å²) in [7, 11) is 0. The number of nitrogens with two attached hydrogens (primary N) is 1. The van der Waals surface area contributed by atoms with Gasteiger partial charge in [0.15, 0.2) is 0 Å². The van der Waals surface area contributed by atoms with Crippen molar-refractivity contribution in [3.63, 3.8) is 0 Å². The van der Waals surface area contributed by atoms with Gasteiger partial charge in [0.1, 0.15) is 0 Å². The number of hydrogen-bond acceptors (Lipinski definition) is 3. The van der Waals surface area contributed by atoms with Crippen molar-refractivity contribution >= 4 is 0 Å².